The first kappa shape index (κ1) is 20.2. The second kappa shape index (κ2) is 8.45. The number of carbonyl (C=O) groups is 1. The van der Waals surface area contributed by atoms with Crippen LogP contribution in [0.15, 0.2) is 79.1 Å². The fraction of sp³-hybridized carbons (Fsp3) is 0.111. The van der Waals surface area contributed by atoms with Crippen molar-refractivity contribution >= 4 is 22.4 Å². The Morgan fingerprint density at radius 3 is 2.48 bits per heavy atom. The van der Waals surface area contributed by atoms with Crippen LogP contribution in [-0.2, 0) is 0 Å². The first-order valence-electron chi connectivity index (χ1n) is 10.6. The molecule has 0 atom stereocenters. The summed E-state index contributed by atoms with van der Waals surface area (Å²) in [5.74, 6) is -0.0360. The van der Waals surface area contributed by atoms with Crippen LogP contribution in [0.2, 0.25) is 0 Å². The largest absolute Gasteiger partial charge is 0.378 e. The van der Waals surface area contributed by atoms with Gasteiger partial charge in [-0.1, -0.05) is 12.1 Å². The van der Waals surface area contributed by atoms with E-state index >= 15 is 0 Å². The second-order valence-corrected chi connectivity index (χ2v) is 8.05. The van der Waals surface area contributed by atoms with Crippen LogP contribution in [-0.4, -0.2) is 34.9 Å². The highest BCUT2D eigenvalue weighted by Crippen LogP contribution is 2.32. The molecule has 0 spiro atoms. The smallest absolute Gasteiger partial charge is 0.253 e. The zero-order valence-electron chi connectivity index (χ0n) is 17.7. The number of aromatic nitrogens is 1. The van der Waals surface area contributed by atoms with E-state index in [0.29, 0.717) is 29.8 Å². The lowest BCUT2D eigenvalue weighted by Gasteiger charge is -2.40. The number of carbonyl (C=O) groups excluding carboxylic acids is 1. The lowest BCUT2D eigenvalue weighted by molar-refractivity contribution is 0.0625. The molecule has 1 N–H and O–H groups in total. The monoisotopic (exact) mass is 429 g/mol. The van der Waals surface area contributed by atoms with E-state index in [-0.39, 0.29) is 11.9 Å². The van der Waals surface area contributed by atoms with Crippen molar-refractivity contribution < 1.29 is 4.79 Å². The molecular weight excluding hydrogens is 410 g/mol. The van der Waals surface area contributed by atoms with Gasteiger partial charge in [-0.05, 0) is 71.1 Å². The molecule has 0 saturated carbocycles. The average molecular weight is 429 g/mol. The highest BCUT2D eigenvalue weighted by molar-refractivity contribution is 5.98. The van der Waals surface area contributed by atoms with E-state index in [0.717, 1.165) is 27.6 Å². The van der Waals surface area contributed by atoms with Gasteiger partial charge < -0.3 is 10.2 Å². The van der Waals surface area contributed by atoms with Crippen LogP contribution in [0.4, 0.5) is 5.69 Å². The van der Waals surface area contributed by atoms with E-state index in [1.807, 2.05) is 30.5 Å². The minimum absolute atomic E-state index is 0.0360. The summed E-state index contributed by atoms with van der Waals surface area (Å²) in [7, 11) is 0. The third-order valence-electron chi connectivity index (χ3n) is 5.87. The van der Waals surface area contributed by atoms with Crippen LogP contribution in [0.25, 0.3) is 21.9 Å². The van der Waals surface area contributed by atoms with Gasteiger partial charge in [0.1, 0.15) is 0 Å². The van der Waals surface area contributed by atoms with Gasteiger partial charge in [0.2, 0.25) is 0 Å². The van der Waals surface area contributed by atoms with Gasteiger partial charge in [0.05, 0.1) is 29.3 Å². The summed E-state index contributed by atoms with van der Waals surface area (Å²) in [6, 6.07) is 24.8. The lowest BCUT2D eigenvalue weighted by atomic mass is 9.98. The number of hydrogen-bond acceptors (Lipinski definition) is 5. The second-order valence-electron chi connectivity index (χ2n) is 8.05. The molecule has 1 aliphatic rings. The van der Waals surface area contributed by atoms with E-state index in [1.54, 1.807) is 41.4 Å². The maximum atomic E-state index is 12.7. The Labute approximate surface area is 191 Å². The van der Waals surface area contributed by atoms with Gasteiger partial charge in [0, 0.05) is 42.1 Å². The molecule has 0 aliphatic carbocycles. The number of likely N-dealkylation sites (tertiary alicyclic amines) is 1. The van der Waals surface area contributed by atoms with Crippen molar-refractivity contribution in [3.63, 3.8) is 0 Å². The third kappa shape index (κ3) is 3.98. The van der Waals surface area contributed by atoms with Crippen molar-refractivity contribution in [2.75, 3.05) is 18.4 Å². The fourth-order valence-corrected chi connectivity index (χ4v) is 4.08. The van der Waals surface area contributed by atoms with Crippen molar-refractivity contribution in [1.29, 1.82) is 10.5 Å². The molecule has 1 fully saturated rings. The molecule has 1 aliphatic heterocycles. The molecule has 5 rings (SSSR count). The van der Waals surface area contributed by atoms with E-state index in [1.165, 1.54) is 0 Å². The first-order valence-corrected chi connectivity index (χ1v) is 10.6. The quantitative estimate of drug-likeness (QED) is 0.512. The molecular formula is C27H19N5O. The average Bonchev–Trinajstić information content (AvgIpc) is 2.85. The topological polar surface area (TPSA) is 92.8 Å². The van der Waals surface area contributed by atoms with Crippen molar-refractivity contribution in [3.8, 4) is 23.3 Å². The van der Waals surface area contributed by atoms with Gasteiger partial charge in [-0.25, -0.2) is 0 Å². The maximum Gasteiger partial charge on any atom is 0.253 e. The minimum Gasteiger partial charge on any atom is -0.378 e. The first-order chi connectivity index (χ1) is 16.1. The molecule has 1 saturated heterocycles. The van der Waals surface area contributed by atoms with Crippen molar-refractivity contribution in [2.24, 2.45) is 0 Å². The summed E-state index contributed by atoms with van der Waals surface area (Å²) in [6.45, 7) is 1.18. The number of rotatable bonds is 4. The molecule has 4 aromatic rings. The van der Waals surface area contributed by atoms with E-state index < -0.39 is 0 Å². The van der Waals surface area contributed by atoms with Crippen LogP contribution < -0.4 is 5.32 Å². The zero-order valence-corrected chi connectivity index (χ0v) is 17.7. The Balaban J connectivity index is 1.36. The number of nitriles is 2. The van der Waals surface area contributed by atoms with Gasteiger partial charge in [0.15, 0.2) is 0 Å². The summed E-state index contributed by atoms with van der Waals surface area (Å²) in [6.07, 6.45) is 3.61. The van der Waals surface area contributed by atoms with E-state index in [4.69, 9.17) is 5.26 Å². The van der Waals surface area contributed by atoms with Crippen molar-refractivity contribution in [2.45, 2.75) is 6.04 Å². The van der Waals surface area contributed by atoms with Crippen LogP contribution in [0.3, 0.4) is 0 Å². The van der Waals surface area contributed by atoms with E-state index in [9.17, 15) is 10.1 Å². The molecule has 0 radical (unpaired) electrons. The van der Waals surface area contributed by atoms with Gasteiger partial charge in [-0.15, -0.1) is 0 Å². The van der Waals surface area contributed by atoms with Gasteiger partial charge in [0.25, 0.3) is 5.91 Å². The summed E-state index contributed by atoms with van der Waals surface area (Å²) in [5, 5.41) is 23.8. The number of anilines is 1. The third-order valence-corrected chi connectivity index (χ3v) is 5.87. The van der Waals surface area contributed by atoms with Gasteiger partial charge in [-0.2, -0.15) is 10.5 Å². The highest BCUT2D eigenvalue weighted by atomic mass is 16.2. The Morgan fingerprint density at radius 2 is 1.73 bits per heavy atom. The minimum atomic E-state index is -0.0360. The zero-order chi connectivity index (χ0) is 22.8. The van der Waals surface area contributed by atoms with Crippen molar-refractivity contribution in [1.82, 2.24) is 9.88 Å². The molecule has 3 aromatic carbocycles. The van der Waals surface area contributed by atoms with Crippen molar-refractivity contribution in [3.05, 3.63) is 95.8 Å². The molecule has 1 aromatic heterocycles. The maximum absolute atomic E-state index is 12.7. The number of amides is 1. The molecule has 6 nitrogen and oxygen atoms in total. The molecule has 158 valence electrons. The van der Waals surface area contributed by atoms with Crippen LogP contribution in [0, 0.1) is 22.7 Å². The Hall–Kier alpha value is -4.68. The molecule has 6 heteroatoms. The van der Waals surface area contributed by atoms with Crippen LogP contribution in [0.1, 0.15) is 21.5 Å². The van der Waals surface area contributed by atoms with Gasteiger partial charge >= 0.3 is 0 Å². The lowest BCUT2D eigenvalue weighted by Crippen LogP contribution is -2.57. The number of fused-ring (bicyclic) bond motifs is 1. The number of pyridine rings is 1. The molecule has 33 heavy (non-hydrogen) atoms. The summed E-state index contributed by atoms with van der Waals surface area (Å²) in [4.78, 5) is 18.8. The Bertz CT molecular complexity index is 1440. The number of nitrogens with one attached hydrogen (secondary N) is 1. The molecule has 2 heterocycles. The number of benzene rings is 3. The highest BCUT2D eigenvalue weighted by Gasteiger charge is 2.31. The fourth-order valence-electron chi connectivity index (χ4n) is 4.08. The number of hydrogen-bond donors (Lipinski definition) is 1. The SMILES string of the molecule is N#Cc1ccc(C(=O)N2CC(Nc3cc(-c4cccc(C#N)c4)cc4ccncc34)C2)cc1. The Kier molecular flexibility index (Phi) is 5.18. The van der Waals surface area contributed by atoms with E-state index in [2.05, 4.69) is 34.6 Å². The Morgan fingerprint density at radius 1 is 0.939 bits per heavy atom. The summed E-state index contributed by atoms with van der Waals surface area (Å²) < 4.78 is 0. The van der Waals surface area contributed by atoms with Gasteiger partial charge in [-0.3, -0.25) is 9.78 Å². The molecule has 0 unspecified atom stereocenters. The molecule has 0 bridgehead atoms. The predicted octanol–water partition coefficient (Wildman–Crippen LogP) is 4.58. The standard InChI is InChI=1S/C27H19N5O/c28-13-18-4-6-20(7-5-18)27(33)32-16-24(17-32)31-26-12-23(11-22-8-9-30-15-25(22)26)21-3-1-2-19(10-21)14-29/h1-12,15,24,31H,16-17H2. The predicted molar refractivity (Wildman–Crippen MR) is 126 cm³/mol. The summed E-state index contributed by atoms with van der Waals surface area (Å²) >= 11 is 0. The normalized spacial score (nSPS) is 13.1. The summed E-state index contributed by atoms with van der Waals surface area (Å²) in [5.41, 5.74) is 4.68. The molecule has 1 amide bonds. The number of nitrogens with zero attached hydrogens (tertiary/aromatic N) is 4. The van der Waals surface area contributed by atoms with Crippen LogP contribution in [0.5, 0.6) is 0 Å². The van der Waals surface area contributed by atoms with Crippen LogP contribution >= 0.6 is 0 Å².